The third-order valence-corrected chi connectivity index (χ3v) is 4.26. The number of H-pyrrole nitrogens is 1. The van der Waals surface area contributed by atoms with Crippen molar-refractivity contribution in [3.63, 3.8) is 0 Å². The van der Waals surface area contributed by atoms with E-state index < -0.39 is 0 Å². The lowest BCUT2D eigenvalue weighted by Gasteiger charge is -2.23. The first kappa shape index (κ1) is 15.8. The first-order chi connectivity index (χ1) is 9.97. The van der Waals surface area contributed by atoms with Gasteiger partial charge in [-0.2, -0.15) is 0 Å². The standard InChI is InChI=1S/C16H25N3O2/c1-5-6-13-14(11(3)20)10(2)18-15(13)16(21)19(4)12-7-8-17-9-12/h12,17-18H,5-9H2,1-4H3. The van der Waals surface area contributed by atoms with Crippen LogP contribution >= 0.6 is 0 Å². The van der Waals surface area contributed by atoms with Crippen molar-refractivity contribution in [1.29, 1.82) is 0 Å². The zero-order valence-electron chi connectivity index (χ0n) is 13.4. The number of likely N-dealkylation sites (N-methyl/N-ethyl adjacent to an activating group) is 1. The number of hydrogen-bond donors (Lipinski definition) is 2. The Hall–Kier alpha value is -1.62. The van der Waals surface area contributed by atoms with Crippen LogP contribution in [0.5, 0.6) is 0 Å². The van der Waals surface area contributed by atoms with Gasteiger partial charge in [-0.05, 0) is 38.8 Å². The SMILES string of the molecule is CCCc1c(C(=O)N(C)C2CCNC2)[nH]c(C)c1C(C)=O. The molecule has 1 amide bonds. The van der Waals surface area contributed by atoms with Crippen LogP contribution in [-0.2, 0) is 6.42 Å². The summed E-state index contributed by atoms with van der Waals surface area (Å²) in [6.07, 6.45) is 2.63. The average molecular weight is 291 g/mol. The fourth-order valence-corrected chi connectivity index (χ4v) is 3.15. The van der Waals surface area contributed by atoms with Crippen molar-refractivity contribution in [2.45, 2.75) is 46.1 Å². The molecule has 1 aromatic rings. The van der Waals surface area contributed by atoms with Crippen LogP contribution in [-0.4, -0.2) is 47.8 Å². The summed E-state index contributed by atoms with van der Waals surface area (Å²) in [4.78, 5) is 29.6. The van der Waals surface area contributed by atoms with Crippen LogP contribution in [0.2, 0.25) is 0 Å². The van der Waals surface area contributed by atoms with E-state index in [0.29, 0.717) is 11.3 Å². The minimum Gasteiger partial charge on any atom is -0.354 e. The molecule has 1 atom stereocenters. The number of carbonyl (C=O) groups excluding carboxylic acids is 2. The quantitative estimate of drug-likeness (QED) is 0.815. The van der Waals surface area contributed by atoms with E-state index in [-0.39, 0.29) is 17.7 Å². The monoisotopic (exact) mass is 291 g/mol. The van der Waals surface area contributed by atoms with Crippen molar-refractivity contribution in [3.8, 4) is 0 Å². The van der Waals surface area contributed by atoms with Crippen LogP contribution in [0.3, 0.4) is 0 Å². The second kappa shape index (κ2) is 6.43. The Kier molecular flexibility index (Phi) is 4.83. The third-order valence-electron chi connectivity index (χ3n) is 4.26. The van der Waals surface area contributed by atoms with Gasteiger partial charge in [-0.1, -0.05) is 13.3 Å². The van der Waals surface area contributed by atoms with Crippen molar-refractivity contribution >= 4 is 11.7 Å². The zero-order valence-corrected chi connectivity index (χ0v) is 13.4. The Bertz CT molecular complexity index is 542. The minimum absolute atomic E-state index is 0.0113. The summed E-state index contributed by atoms with van der Waals surface area (Å²) in [5.41, 5.74) is 2.96. The van der Waals surface area contributed by atoms with E-state index in [0.717, 1.165) is 43.6 Å². The van der Waals surface area contributed by atoms with Crippen LogP contribution in [0.25, 0.3) is 0 Å². The fourth-order valence-electron chi connectivity index (χ4n) is 3.15. The molecule has 1 aromatic heterocycles. The average Bonchev–Trinajstić information content (AvgIpc) is 3.05. The lowest BCUT2D eigenvalue weighted by atomic mass is 10.0. The Balaban J connectivity index is 2.35. The van der Waals surface area contributed by atoms with Gasteiger partial charge in [-0.3, -0.25) is 9.59 Å². The molecule has 1 saturated heterocycles. The molecule has 0 aliphatic carbocycles. The van der Waals surface area contributed by atoms with Crippen molar-refractivity contribution in [2.24, 2.45) is 0 Å². The maximum Gasteiger partial charge on any atom is 0.270 e. The summed E-state index contributed by atoms with van der Waals surface area (Å²) in [5.74, 6) is 0.0131. The molecule has 116 valence electrons. The number of Topliss-reactive ketones (excluding diaryl/α,β-unsaturated/α-hetero) is 1. The molecule has 0 saturated carbocycles. The highest BCUT2D eigenvalue weighted by atomic mass is 16.2. The van der Waals surface area contributed by atoms with Crippen LogP contribution in [0.4, 0.5) is 0 Å². The summed E-state index contributed by atoms with van der Waals surface area (Å²) in [6, 6.07) is 0.233. The Morgan fingerprint density at radius 3 is 2.62 bits per heavy atom. The van der Waals surface area contributed by atoms with Gasteiger partial charge in [0, 0.05) is 30.9 Å². The number of carbonyl (C=O) groups is 2. The predicted molar refractivity (Wildman–Crippen MR) is 82.9 cm³/mol. The molecule has 1 unspecified atom stereocenters. The van der Waals surface area contributed by atoms with Crippen LogP contribution < -0.4 is 5.32 Å². The Morgan fingerprint density at radius 1 is 1.38 bits per heavy atom. The molecule has 0 spiro atoms. The molecule has 2 heterocycles. The van der Waals surface area contributed by atoms with E-state index >= 15 is 0 Å². The lowest BCUT2D eigenvalue weighted by Crippen LogP contribution is -2.39. The normalized spacial score (nSPS) is 18.0. The molecular formula is C16H25N3O2. The molecule has 2 rings (SSSR count). The molecule has 5 heteroatoms. The van der Waals surface area contributed by atoms with Gasteiger partial charge in [0.2, 0.25) is 0 Å². The molecular weight excluding hydrogens is 266 g/mol. The number of amides is 1. The summed E-state index contributed by atoms with van der Waals surface area (Å²) in [6.45, 7) is 7.28. The molecule has 21 heavy (non-hydrogen) atoms. The maximum atomic E-state index is 12.8. The number of nitrogens with one attached hydrogen (secondary N) is 2. The fraction of sp³-hybridized carbons (Fsp3) is 0.625. The van der Waals surface area contributed by atoms with Crippen molar-refractivity contribution in [3.05, 3.63) is 22.5 Å². The maximum absolute atomic E-state index is 12.8. The number of aromatic amines is 1. The van der Waals surface area contributed by atoms with Gasteiger partial charge in [0.25, 0.3) is 5.91 Å². The molecule has 5 nitrogen and oxygen atoms in total. The molecule has 0 aromatic carbocycles. The molecule has 1 aliphatic rings. The highest BCUT2D eigenvalue weighted by molar-refractivity contribution is 6.02. The number of aryl methyl sites for hydroxylation is 1. The third kappa shape index (κ3) is 3.02. The van der Waals surface area contributed by atoms with Gasteiger partial charge in [-0.25, -0.2) is 0 Å². The van der Waals surface area contributed by atoms with Crippen LogP contribution in [0, 0.1) is 6.92 Å². The molecule has 2 N–H and O–H groups in total. The molecule has 1 aliphatic heterocycles. The number of aromatic nitrogens is 1. The van der Waals surface area contributed by atoms with Gasteiger partial charge in [0.15, 0.2) is 5.78 Å². The van der Waals surface area contributed by atoms with Crippen LogP contribution in [0.1, 0.15) is 58.8 Å². The van der Waals surface area contributed by atoms with Gasteiger partial charge < -0.3 is 15.2 Å². The van der Waals surface area contributed by atoms with Gasteiger partial charge in [0.05, 0.1) is 0 Å². The second-order valence-corrected chi connectivity index (χ2v) is 5.85. The van der Waals surface area contributed by atoms with Gasteiger partial charge >= 0.3 is 0 Å². The van der Waals surface area contributed by atoms with Crippen molar-refractivity contribution in [1.82, 2.24) is 15.2 Å². The Morgan fingerprint density at radius 2 is 2.10 bits per heavy atom. The summed E-state index contributed by atoms with van der Waals surface area (Å²) in [7, 11) is 1.85. The van der Waals surface area contributed by atoms with Crippen LogP contribution in [0.15, 0.2) is 0 Å². The summed E-state index contributed by atoms with van der Waals surface area (Å²) >= 11 is 0. The van der Waals surface area contributed by atoms with Crippen molar-refractivity contribution < 1.29 is 9.59 Å². The Labute approximate surface area is 126 Å². The molecule has 0 radical (unpaired) electrons. The largest absolute Gasteiger partial charge is 0.354 e. The van der Waals surface area contributed by atoms with E-state index in [2.05, 4.69) is 17.2 Å². The number of hydrogen-bond acceptors (Lipinski definition) is 3. The van der Waals surface area contributed by atoms with E-state index in [9.17, 15) is 9.59 Å². The smallest absolute Gasteiger partial charge is 0.270 e. The summed E-state index contributed by atoms with van der Waals surface area (Å²) < 4.78 is 0. The second-order valence-electron chi connectivity index (χ2n) is 5.85. The number of nitrogens with zero attached hydrogens (tertiary/aromatic N) is 1. The molecule has 1 fully saturated rings. The highest BCUT2D eigenvalue weighted by Crippen LogP contribution is 2.23. The van der Waals surface area contributed by atoms with Gasteiger partial charge in [0.1, 0.15) is 5.69 Å². The number of ketones is 1. The topological polar surface area (TPSA) is 65.2 Å². The lowest BCUT2D eigenvalue weighted by molar-refractivity contribution is 0.0737. The first-order valence-electron chi connectivity index (χ1n) is 7.67. The number of rotatable bonds is 5. The van der Waals surface area contributed by atoms with E-state index in [1.165, 1.54) is 0 Å². The van der Waals surface area contributed by atoms with E-state index in [4.69, 9.17) is 0 Å². The molecule has 0 bridgehead atoms. The first-order valence-corrected chi connectivity index (χ1v) is 7.67. The minimum atomic E-state index is -0.0113. The van der Waals surface area contributed by atoms with Crippen molar-refractivity contribution in [2.75, 3.05) is 20.1 Å². The summed E-state index contributed by atoms with van der Waals surface area (Å²) in [5, 5.41) is 3.28. The highest BCUT2D eigenvalue weighted by Gasteiger charge is 2.28. The van der Waals surface area contributed by atoms with E-state index in [1.54, 1.807) is 11.8 Å². The van der Waals surface area contributed by atoms with Gasteiger partial charge in [-0.15, -0.1) is 0 Å². The zero-order chi connectivity index (χ0) is 15.6. The van der Waals surface area contributed by atoms with E-state index in [1.807, 2.05) is 14.0 Å². The predicted octanol–water partition coefficient (Wildman–Crippen LogP) is 1.91.